The number of likely N-dealkylation sites (N-methyl/N-ethyl adjacent to an activating group) is 1. The van der Waals surface area contributed by atoms with Crippen LogP contribution in [0.2, 0.25) is 0 Å². The highest BCUT2D eigenvalue weighted by Gasteiger charge is 2.16. The van der Waals surface area contributed by atoms with Gasteiger partial charge in [0, 0.05) is 19.5 Å². The average molecular weight is 187 g/mol. The van der Waals surface area contributed by atoms with Crippen molar-refractivity contribution in [2.45, 2.75) is 0 Å². The van der Waals surface area contributed by atoms with Gasteiger partial charge in [-0.1, -0.05) is 0 Å². The third kappa shape index (κ3) is 1.83. The highest BCUT2D eigenvalue weighted by molar-refractivity contribution is 8.02. The van der Waals surface area contributed by atoms with Crippen LogP contribution in [-0.2, 0) is 0 Å². The Kier molecular flexibility index (Phi) is 3.24. The molecule has 0 fully saturated rings. The van der Waals surface area contributed by atoms with Gasteiger partial charge < -0.3 is 16.2 Å². The van der Waals surface area contributed by atoms with Gasteiger partial charge in [-0.15, -0.1) is 11.8 Å². The number of thioether (sulfide) groups is 1. The maximum absolute atomic E-state index is 5.21. The van der Waals surface area contributed by atoms with Crippen molar-refractivity contribution in [3.63, 3.8) is 0 Å². The SMILES string of the molecule is CNNC(=NN)C1=CSCN1C. The van der Waals surface area contributed by atoms with Gasteiger partial charge in [0.05, 0.1) is 11.6 Å². The predicted molar refractivity (Wildman–Crippen MR) is 52.1 cm³/mol. The molecule has 0 radical (unpaired) electrons. The summed E-state index contributed by atoms with van der Waals surface area (Å²) in [5, 5.41) is 5.65. The first-order chi connectivity index (χ1) is 5.79. The Morgan fingerprint density at radius 2 is 2.58 bits per heavy atom. The number of hydrogen-bond donors (Lipinski definition) is 3. The van der Waals surface area contributed by atoms with Crippen LogP contribution in [0.1, 0.15) is 0 Å². The summed E-state index contributed by atoms with van der Waals surface area (Å²) in [4.78, 5) is 2.07. The molecule has 0 aromatic carbocycles. The van der Waals surface area contributed by atoms with Crippen LogP contribution in [0.4, 0.5) is 0 Å². The fourth-order valence-electron chi connectivity index (χ4n) is 0.905. The van der Waals surface area contributed by atoms with Gasteiger partial charge in [0.1, 0.15) is 0 Å². The van der Waals surface area contributed by atoms with Crippen molar-refractivity contribution in [1.82, 2.24) is 15.8 Å². The second-order valence-electron chi connectivity index (χ2n) is 2.35. The lowest BCUT2D eigenvalue weighted by atomic mass is 10.4. The zero-order valence-corrected chi connectivity index (χ0v) is 7.98. The van der Waals surface area contributed by atoms with Crippen molar-refractivity contribution < 1.29 is 0 Å². The highest BCUT2D eigenvalue weighted by Crippen LogP contribution is 2.20. The molecule has 4 N–H and O–H groups in total. The largest absolute Gasteiger partial charge is 0.362 e. The highest BCUT2D eigenvalue weighted by atomic mass is 32.2. The molecule has 1 aliphatic rings. The summed E-state index contributed by atoms with van der Waals surface area (Å²) in [5.74, 6) is 6.81. The first-order valence-corrected chi connectivity index (χ1v) is 4.58. The average Bonchev–Trinajstić information content (AvgIpc) is 2.47. The van der Waals surface area contributed by atoms with Crippen molar-refractivity contribution in [3.8, 4) is 0 Å². The Hall–Kier alpha value is -0.880. The van der Waals surface area contributed by atoms with E-state index in [0.717, 1.165) is 11.6 Å². The summed E-state index contributed by atoms with van der Waals surface area (Å²) in [5.41, 5.74) is 6.65. The first-order valence-electron chi connectivity index (χ1n) is 3.53. The summed E-state index contributed by atoms with van der Waals surface area (Å²) in [6.07, 6.45) is 0. The summed E-state index contributed by atoms with van der Waals surface area (Å²) in [7, 11) is 3.77. The molecular weight excluding hydrogens is 174 g/mol. The lowest BCUT2D eigenvalue weighted by Gasteiger charge is -2.16. The van der Waals surface area contributed by atoms with E-state index in [2.05, 4.69) is 20.9 Å². The molecule has 1 heterocycles. The molecule has 0 saturated heterocycles. The second kappa shape index (κ2) is 4.22. The summed E-state index contributed by atoms with van der Waals surface area (Å²) < 4.78 is 0. The smallest absolute Gasteiger partial charge is 0.183 e. The van der Waals surface area contributed by atoms with Crippen LogP contribution in [0, 0.1) is 0 Å². The van der Waals surface area contributed by atoms with Crippen molar-refractivity contribution in [2.75, 3.05) is 20.0 Å². The van der Waals surface area contributed by atoms with Gasteiger partial charge in [-0.05, 0) is 0 Å². The molecule has 0 atom stereocenters. The van der Waals surface area contributed by atoms with E-state index < -0.39 is 0 Å². The zero-order valence-electron chi connectivity index (χ0n) is 7.16. The van der Waals surface area contributed by atoms with Crippen LogP contribution in [0.3, 0.4) is 0 Å². The molecule has 5 nitrogen and oxygen atoms in total. The van der Waals surface area contributed by atoms with Crippen molar-refractivity contribution >= 4 is 17.6 Å². The van der Waals surface area contributed by atoms with Crippen molar-refractivity contribution in [1.29, 1.82) is 0 Å². The molecule has 1 aliphatic heterocycles. The van der Waals surface area contributed by atoms with Crippen LogP contribution in [-0.4, -0.2) is 30.7 Å². The van der Waals surface area contributed by atoms with Crippen LogP contribution in [0.25, 0.3) is 0 Å². The normalized spacial score (nSPS) is 18.0. The van der Waals surface area contributed by atoms with Crippen LogP contribution >= 0.6 is 11.8 Å². The summed E-state index contributed by atoms with van der Waals surface area (Å²) in [6.45, 7) is 0. The fourth-order valence-corrected chi connectivity index (χ4v) is 1.79. The fraction of sp³-hybridized carbons (Fsp3) is 0.500. The van der Waals surface area contributed by atoms with E-state index in [1.807, 2.05) is 12.5 Å². The number of nitrogens with one attached hydrogen (secondary N) is 2. The Morgan fingerprint density at radius 3 is 3.00 bits per heavy atom. The molecule has 0 aliphatic carbocycles. The lowest BCUT2D eigenvalue weighted by Crippen LogP contribution is -2.39. The third-order valence-electron chi connectivity index (χ3n) is 1.49. The van der Waals surface area contributed by atoms with Gasteiger partial charge >= 0.3 is 0 Å². The molecule has 6 heteroatoms. The van der Waals surface area contributed by atoms with E-state index in [4.69, 9.17) is 5.84 Å². The number of hydrazine groups is 1. The Balaban J connectivity index is 2.66. The van der Waals surface area contributed by atoms with E-state index in [-0.39, 0.29) is 0 Å². The minimum Gasteiger partial charge on any atom is -0.362 e. The standard InChI is InChI=1S/C6H13N5S/c1-8-10-6(9-7)5-3-12-4-11(5)2/h3,8H,4,7H2,1-2H3,(H,9,10). The van der Waals surface area contributed by atoms with Gasteiger partial charge in [0.2, 0.25) is 0 Å². The number of hydrazone groups is 1. The van der Waals surface area contributed by atoms with E-state index in [1.54, 1.807) is 18.8 Å². The van der Waals surface area contributed by atoms with E-state index >= 15 is 0 Å². The Bertz CT molecular complexity index is 212. The minimum atomic E-state index is 0.657. The maximum Gasteiger partial charge on any atom is 0.183 e. The number of amidine groups is 1. The molecule has 0 amide bonds. The molecule has 0 saturated carbocycles. The van der Waals surface area contributed by atoms with Crippen molar-refractivity contribution in [2.24, 2.45) is 10.9 Å². The number of hydrogen-bond acceptors (Lipinski definition) is 5. The zero-order chi connectivity index (χ0) is 8.97. The van der Waals surface area contributed by atoms with Crippen LogP contribution in [0.5, 0.6) is 0 Å². The van der Waals surface area contributed by atoms with Crippen LogP contribution in [0.15, 0.2) is 16.2 Å². The molecule has 68 valence electrons. The van der Waals surface area contributed by atoms with E-state index in [9.17, 15) is 0 Å². The van der Waals surface area contributed by atoms with E-state index in [1.165, 1.54) is 0 Å². The number of rotatable bonds is 2. The van der Waals surface area contributed by atoms with Gasteiger partial charge in [-0.25, -0.2) is 5.43 Å². The minimum absolute atomic E-state index is 0.657. The topological polar surface area (TPSA) is 65.7 Å². The van der Waals surface area contributed by atoms with E-state index in [0.29, 0.717) is 5.84 Å². The summed E-state index contributed by atoms with van der Waals surface area (Å²) in [6, 6.07) is 0. The quantitative estimate of drug-likeness (QED) is 0.234. The van der Waals surface area contributed by atoms with Gasteiger partial charge in [0.25, 0.3) is 0 Å². The van der Waals surface area contributed by atoms with Crippen LogP contribution < -0.4 is 16.7 Å². The third-order valence-corrected chi connectivity index (χ3v) is 2.42. The Labute approximate surface area is 76.0 Å². The Morgan fingerprint density at radius 1 is 1.83 bits per heavy atom. The number of nitrogens with two attached hydrogens (primary N) is 1. The first kappa shape index (κ1) is 9.21. The number of nitrogens with zero attached hydrogens (tertiary/aromatic N) is 2. The molecule has 12 heavy (non-hydrogen) atoms. The lowest BCUT2D eigenvalue weighted by molar-refractivity contribution is 0.521. The van der Waals surface area contributed by atoms with Crippen molar-refractivity contribution in [3.05, 3.63) is 11.1 Å². The predicted octanol–water partition coefficient (Wildman–Crippen LogP) is -0.540. The van der Waals surface area contributed by atoms with Gasteiger partial charge in [-0.2, -0.15) is 5.10 Å². The molecule has 1 rings (SSSR count). The second-order valence-corrected chi connectivity index (χ2v) is 3.18. The van der Waals surface area contributed by atoms with Gasteiger partial charge in [0.15, 0.2) is 5.84 Å². The molecule has 0 unspecified atom stereocenters. The molecular formula is C6H13N5S. The van der Waals surface area contributed by atoms with Gasteiger partial charge in [-0.3, -0.25) is 0 Å². The maximum atomic E-state index is 5.21. The molecule has 0 spiro atoms. The molecule has 0 bridgehead atoms. The molecule has 0 aromatic rings. The monoisotopic (exact) mass is 187 g/mol. The summed E-state index contributed by atoms with van der Waals surface area (Å²) >= 11 is 1.72. The molecule has 0 aromatic heterocycles.